The number of carbonyl (C=O) groups excluding carboxylic acids is 2. The highest BCUT2D eigenvalue weighted by molar-refractivity contribution is 6.51. The molecule has 106 valence electrons. The van der Waals surface area contributed by atoms with Gasteiger partial charge in [-0.15, -0.1) is 0 Å². The van der Waals surface area contributed by atoms with Gasteiger partial charge in [0, 0.05) is 12.6 Å². The maximum absolute atomic E-state index is 14.3. The van der Waals surface area contributed by atoms with Crippen molar-refractivity contribution in [2.75, 3.05) is 16.8 Å². The van der Waals surface area contributed by atoms with Gasteiger partial charge in [0.2, 0.25) is 0 Å². The maximum Gasteiger partial charge on any atom is 0.296 e. The summed E-state index contributed by atoms with van der Waals surface area (Å²) in [5, 5.41) is 2.50. The second-order valence-corrected chi connectivity index (χ2v) is 5.82. The zero-order chi connectivity index (χ0) is 14.4. The van der Waals surface area contributed by atoms with E-state index in [1.165, 1.54) is 18.9 Å². The molecular weight excluding hydrogens is 259 g/mol. The van der Waals surface area contributed by atoms with Crippen LogP contribution in [0.25, 0.3) is 0 Å². The van der Waals surface area contributed by atoms with Crippen molar-refractivity contribution in [1.29, 1.82) is 0 Å². The van der Waals surface area contributed by atoms with E-state index in [2.05, 4.69) is 5.32 Å². The highest BCUT2D eigenvalue weighted by Crippen LogP contribution is 2.36. The van der Waals surface area contributed by atoms with Gasteiger partial charge in [0.1, 0.15) is 5.82 Å². The summed E-state index contributed by atoms with van der Waals surface area (Å²) in [7, 11) is 0. The number of amides is 1. The van der Waals surface area contributed by atoms with Crippen LogP contribution in [-0.4, -0.2) is 24.3 Å². The van der Waals surface area contributed by atoms with Crippen molar-refractivity contribution in [3.63, 3.8) is 0 Å². The van der Waals surface area contributed by atoms with Gasteiger partial charge in [0.05, 0.1) is 16.9 Å². The lowest BCUT2D eigenvalue weighted by molar-refractivity contribution is -0.112. The minimum absolute atomic E-state index is 0.131. The van der Waals surface area contributed by atoms with E-state index in [0.29, 0.717) is 17.3 Å². The minimum atomic E-state index is -0.685. The molecule has 20 heavy (non-hydrogen) atoms. The van der Waals surface area contributed by atoms with Crippen LogP contribution in [0.5, 0.6) is 0 Å². The van der Waals surface area contributed by atoms with Crippen molar-refractivity contribution < 1.29 is 14.0 Å². The van der Waals surface area contributed by atoms with Gasteiger partial charge in [-0.25, -0.2) is 4.39 Å². The first-order chi connectivity index (χ1) is 9.47. The molecule has 1 fully saturated rings. The molecule has 0 bridgehead atoms. The van der Waals surface area contributed by atoms with E-state index >= 15 is 0 Å². The lowest BCUT2D eigenvalue weighted by atomic mass is 10.1. The number of benzene rings is 1. The molecule has 1 aromatic carbocycles. The third-order valence-corrected chi connectivity index (χ3v) is 3.87. The van der Waals surface area contributed by atoms with Crippen LogP contribution in [0, 0.1) is 11.7 Å². The zero-order valence-electron chi connectivity index (χ0n) is 11.6. The summed E-state index contributed by atoms with van der Waals surface area (Å²) in [6.07, 6.45) is 2.37. The van der Waals surface area contributed by atoms with Crippen LogP contribution in [0.15, 0.2) is 12.1 Å². The van der Waals surface area contributed by atoms with Crippen LogP contribution in [-0.2, 0) is 4.79 Å². The fraction of sp³-hybridized carbons (Fsp3) is 0.467. The summed E-state index contributed by atoms with van der Waals surface area (Å²) in [6, 6.07) is 2.92. The van der Waals surface area contributed by atoms with Crippen molar-refractivity contribution in [1.82, 2.24) is 0 Å². The number of fused-ring (bicyclic) bond motifs is 1. The number of hydrogen-bond acceptors (Lipinski definition) is 3. The lowest BCUT2D eigenvalue weighted by Gasteiger charge is -2.29. The highest BCUT2D eigenvalue weighted by Gasteiger charge is 2.32. The molecule has 5 heteroatoms. The fourth-order valence-corrected chi connectivity index (χ4v) is 2.54. The van der Waals surface area contributed by atoms with Crippen LogP contribution in [0.4, 0.5) is 15.8 Å². The average molecular weight is 276 g/mol. The van der Waals surface area contributed by atoms with Gasteiger partial charge in [-0.3, -0.25) is 9.59 Å². The van der Waals surface area contributed by atoms with Gasteiger partial charge in [-0.05, 0) is 44.7 Å². The molecule has 0 saturated heterocycles. The Morgan fingerprint density at radius 1 is 1.35 bits per heavy atom. The van der Waals surface area contributed by atoms with E-state index in [1.807, 2.05) is 18.7 Å². The Morgan fingerprint density at radius 2 is 2.05 bits per heavy atom. The van der Waals surface area contributed by atoms with Crippen LogP contribution in [0.2, 0.25) is 0 Å². The van der Waals surface area contributed by atoms with E-state index in [0.717, 1.165) is 6.54 Å². The van der Waals surface area contributed by atoms with E-state index in [9.17, 15) is 14.0 Å². The molecule has 0 radical (unpaired) electrons. The molecule has 1 aliphatic heterocycles. The number of ketones is 1. The molecule has 0 atom stereocenters. The summed E-state index contributed by atoms with van der Waals surface area (Å²) in [5.74, 6) is -1.16. The molecule has 1 aliphatic carbocycles. The number of carbonyl (C=O) groups is 2. The van der Waals surface area contributed by atoms with Crippen molar-refractivity contribution in [2.45, 2.75) is 32.7 Å². The van der Waals surface area contributed by atoms with Crippen LogP contribution < -0.4 is 10.2 Å². The molecule has 0 aromatic heterocycles. The number of nitrogens with one attached hydrogen (secondary N) is 1. The number of anilines is 2. The first-order valence-electron chi connectivity index (χ1n) is 6.93. The first-order valence-corrected chi connectivity index (χ1v) is 6.93. The van der Waals surface area contributed by atoms with Crippen molar-refractivity contribution in [3.05, 3.63) is 23.5 Å². The first kappa shape index (κ1) is 13.1. The largest absolute Gasteiger partial charge is 0.366 e. The van der Waals surface area contributed by atoms with Crippen LogP contribution >= 0.6 is 0 Å². The third kappa shape index (κ3) is 2.17. The van der Waals surface area contributed by atoms with Crippen LogP contribution in [0.3, 0.4) is 0 Å². The number of rotatable bonds is 4. The van der Waals surface area contributed by atoms with Gasteiger partial charge in [-0.2, -0.15) is 0 Å². The third-order valence-electron chi connectivity index (χ3n) is 3.87. The Morgan fingerprint density at radius 3 is 2.65 bits per heavy atom. The maximum atomic E-state index is 14.3. The molecule has 0 spiro atoms. The lowest BCUT2D eigenvalue weighted by Crippen LogP contribution is -2.33. The quantitative estimate of drug-likeness (QED) is 0.860. The summed E-state index contributed by atoms with van der Waals surface area (Å²) < 4.78 is 14.3. The van der Waals surface area contributed by atoms with Crippen molar-refractivity contribution in [2.24, 2.45) is 5.92 Å². The Bertz CT molecular complexity index is 594. The normalized spacial score (nSPS) is 17.4. The SMILES string of the molecule is CC(C)N(CC1CC1)c1cc2c(cc1F)C(=O)C(=O)N2. The van der Waals surface area contributed by atoms with Gasteiger partial charge >= 0.3 is 0 Å². The fourth-order valence-electron chi connectivity index (χ4n) is 2.54. The van der Waals surface area contributed by atoms with Crippen molar-refractivity contribution in [3.8, 4) is 0 Å². The molecule has 1 saturated carbocycles. The molecule has 1 amide bonds. The van der Waals surface area contributed by atoms with Crippen LogP contribution in [0.1, 0.15) is 37.0 Å². The molecule has 0 unspecified atom stereocenters. The summed E-state index contributed by atoms with van der Waals surface area (Å²) in [4.78, 5) is 24.9. The number of Topliss-reactive ketones (excluding diaryl/α,β-unsaturated/α-hetero) is 1. The van der Waals surface area contributed by atoms with Gasteiger partial charge in [0.15, 0.2) is 0 Å². The minimum Gasteiger partial charge on any atom is -0.366 e. The topological polar surface area (TPSA) is 49.4 Å². The Labute approximate surface area is 117 Å². The predicted octanol–water partition coefficient (Wildman–Crippen LogP) is 2.59. The summed E-state index contributed by atoms with van der Waals surface area (Å²) >= 11 is 0. The second kappa shape index (κ2) is 4.58. The van der Waals surface area contributed by atoms with Gasteiger partial charge in [-0.1, -0.05) is 0 Å². The second-order valence-electron chi connectivity index (χ2n) is 5.82. The number of hydrogen-bond donors (Lipinski definition) is 1. The predicted molar refractivity (Wildman–Crippen MR) is 74.6 cm³/mol. The zero-order valence-corrected chi connectivity index (χ0v) is 11.6. The molecule has 2 aliphatic rings. The molecule has 1 N–H and O–H groups in total. The Kier molecular flexibility index (Phi) is 3.00. The van der Waals surface area contributed by atoms with E-state index in [1.54, 1.807) is 6.07 Å². The Hall–Kier alpha value is -1.91. The molecule has 4 nitrogen and oxygen atoms in total. The molecule has 3 rings (SSSR count). The monoisotopic (exact) mass is 276 g/mol. The van der Waals surface area contributed by atoms with E-state index < -0.39 is 17.5 Å². The van der Waals surface area contributed by atoms with Gasteiger partial charge < -0.3 is 10.2 Å². The molecule has 1 heterocycles. The highest BCUT2D eigenvalue weighted by atomic mass is 19.1. The molecule has 1 aromatic rings. The number of nitrogens with zero attached hydrogens (tertiary/aromatic N) is 1. The summed E-state index contributed by atoms with van der Waals surface area (Å²) in [5.41, 5.74) is 1.00. The number of halogens is 1. The smallest absolute Gasteiger partial charge is 0.296 e. The summed E-state index contributed by atoms with van der Waals surface area (Å²) in [6.45, 7) is 4.84. The van der Waals surface area contributed by atoms with E-state index in [4.69, 9.17) is 0 Å². The average Bonchev–Trinajstić information content (AvgIpc) is 3.16. The Balaban J connectivity index is 1.99. The molecular formula is C15H17FN2O2. The van der Waals surface area contributed by atoms with E-state index in [-0.39, 0.29) is 11.6 Å². The standard InChI is InChI=1S/C15H17FN2O2/c1-8(2)18(7-9-3-4-9)13-6-12-10(5-11(13)16)14(19)15(20)17-12/h5-6,8-9H,3-4,7H2,1-2H3,(H,17,19,20). The van der Waals surface area contributed by atoms with Crippen molar-refractivity contribution >= 4 is 23.1 Å². The van der Waals surface area contributed by atoms with Gasteiger partial charge in [0.25, 0.3) is 11.7 Å².